The number of hydrogen-bond donors (Lipinski definition) is 2. The average molecular weight is 230 g/mol. The highest BCUT2D eigenvalue weighted by atomic mass is 79.9. The molecule has 0 saturated carbocycles. The molecule has 2 heterocycles. The van der Waals surface area contributed by atoms with Gasteiger partial charge in [0.25, 0.3) is 0 Å². The summed E-state index contributed by atoms with van der Waals surface area (Å²) in [5.74, 6) is -0.362. The van der Waals surface area contributed by atoms with Gasteiger partial charge in [-0.25, -0.2) is 9.37 Å². The van der Waals surface area contributed by atoms with Crippen LogP contribution < -0.4 is 5.73 Å². The van der Waals surface area contributed by atoms with Crippen LogP contribution in [0.5, 0.6) is 0 Å². The van der Waals surface area contributed by atoms with Crippen molar-refractivity contribution in [3.05, 3.63) is 22.7 Å². The largest absolute Gasteiger partial charge is 0.396 e. The molecule has 2 aromatic heterocycles. The molecule has 0 unspecified atom stereocenters. The van der Waals surface area contributed by atoms with E-state index in [0.29, 0.717) is 21.3 Å². The Morgan fingerprint density at radius 2 is 2.33 bits per heavy atom. The molecule has 0 spiro atoms. The maximum absolute atomic E-state index is 13.1. The summed E-state index contributed by atoms with van der Waals surface area (Å²) in [6.07, 6.45) is 1.39. The molecule has 0 atom stereocenters. The number of nitrogens with two attached hydrogens (primary N) is 1. The molecule has 0 aliphatic rings. The summed E-state index contributed by atoms with van der Waals surface area (Å²) in [4.78, 5) is 6.73. The number of pyridine rings is 1. The molecule has 0 aromatic carbocycles. The van der Waals surface area contributed by atoms with Gasteiger partial charge in [-0.3, -0.25) is 0 Å². The number of H-pyrrole nitrogens is 1. The number of hydrogen-bond acceptors (Lipinski definition) is 2. The van der Waals surface area contributed by atoms with E-state index in [2.05, 4.69) is 25.9 Å². The number of anilines is 1. The van der Waals surface area contributed by atoms with Gasteiger partial charge in [0.2, 0.25) is 0 Å². The van der Waals surface area contributed by atoms with E-state index in [1.807, 2.05) is 0 Å². The molecule has 3 N–H and O–H groups in total. The molecule has 0 fully saturated rings. The van der Waals surface area contributed by atoms with E-state index in [-0.39, 0.29) is 5.82 Å². The van der Waals surface area contributed by atoms with Crippen molar-refractivity contribution in [1.29, 1.82) is 0 Å². The van der Waals surface area contributed by atoms with Crippen molar-refractivity contribution in [2.75, 3.05) is 5.73 Å². The SMILES string of the molecule is Nc1c(Br)[nH]c2nccc(F)c12. The molecule has 0 amide bonds. The first-order valence-corrected chi connectivity index (χ1v) is 4.06. The summed E-state index contributed by atoms with van der Waals surface area (Å²) in [7, 11) is 0. The van der Waals surface area contributed by atoms with Gasteiger partial charge in [-0.1, -0.05) is 0 Å². The molecule has 0 bridgehead atoms. The first-order valence-electron chi connectivity index (χ1n) is 3.27. The molecule has 0 aliphatic carbocycles. The van der Waals surface area contributed by atoms with Gasteiger partial charge in [-0.05, 0) is 22.0 Å². The second-order valence-electron chi connectivity index (χ2n) is 2.37. The summed E-state index contributed by atoms with van der Waals surface area (Å²) in [5.41, 5.74) is 6.40. The number of fused-ring (bicyclic) bond motifs is 1. The quantitative estimate of drug-likeness (QED) is 0.727. The molecule has 12 heavy (non-hydrogen) atoms. The van der Waals surface area contributed by atoms with Crippen molar-refractivity contribution in [2.24, 2.45) is 0 Å². The molecule has 0 aliphatic heterocycles. The number of aromatic nitrogens is 2. The number of aromatic amines is 1. The Kier molecular flexibility index (Phi) is 1.54. The summed E-state index contributed by atoms with van der Waals surface area (Å²) in [5, 5.41) is 0.337. The molecule has 0 saturated heterocycles. The molecule has 5 heteroatoms. The fourth-order valence-electron chi connectivity index (χ4n) is 1.07. The number of halogens is 2. The van der Waals surface area contributed by atoms with Crippen molar-refractivity contribution in [3.8, 4) is 0 Å². The fraction of sp³-hybridized carbons (Fsp3) is 0. The molecule has 0 radical (unpaired) electrons. The summed E-state index contributed by atoms with van der Waals surface area (Å²) >= 11 is 3.16. The Labute approximate surface area is 75.9 Å². The van der Waals surface area contributed by atoms with Crippen LogP contribution in [0, 0.1) is 5.82 Å². The number of rotatable bonds is 0. The van der Waals surface area contributed by atoms with E-state index in [9.17, 15) is 4.39 Å². The van der Waals surface area contributed by atoms with Crippen LogP contribution in [0.2, 0.25) is 0 Å². The normalized spacial score (nSPS) is 10.8. The number of nitrogens with one attached hydrogen (secondary N) is 1. The third-order valence-electron chi connectivity index (χ3n) is 1.63. The van der Waals surface area contributed by atoms with Gasteiger partial charge in [0.05, 0.1) is 11.1 Å². The predicted octanol–water partition coefficient (Wildman–Crippen LogP) is 2.05. The zero-order valence-corrected chi connectivity index (χ0v) is 7.52. The zero-order chi connectivity index (χ0) is 8.72. The average Bonchev–Trinajstić information content (AvgIpc) is 2.29. The Morgan fingerprint density at radius 1 is 1.58 bits per heavy atom. The highest BCUT2D eigenvalue weighted by Gasteiger charge is 2.10. The predicted molar refractivity (Wildman–Crippen MR) is 48.2 cm³/mol. The molecular weight excluding hydrogens is 225 g/mol. The summed E-state index contributed by atoms with van der Waals surface area (Å²) in [6, 6.07) is 1.28. The Morgan fingerprint density at radius 3 is 3.00 bits per heavy atom. The van der Waals surface area contributed by atoms with Gasteiger partial charge in [-0.2, -0.15) is 0 Å². The molecule has 62 valence electrons. The maximum Gasteiger partial charge on any atom is 0.143 e. The lowest BCUT2D eigenvalue weighted by atomic mass is 10.3. The van der Waals surface area contributed by atoms with Gasteiger partial charge in [0.1, 0.15) is 16.1 Å². The van der Waals surface area contributed by atoms with E-state index in [0.717, 1.165) is 0 Å². The van der Waals surface area contributed by atoms with Crippen molar-refractivity contribution < 1.29 is 4.39 Å². The van der Waals surface area contributed by atoms with Crippen molar-refractivity contribution >= 4 is 32.7 Å². The van der Waals surface area contributed by atoms with Gasteiger partial charge in [0.15, 0.2) is 0 Å². The Balaban J connectivity index is 2.97. The maximum atomic E-state index is 13.1. The minimum absolute atomic E-state index is 0.337. The van der Waals surface area contributed by atoms with Gasteiger partial charge >= 0.3 is 0 Å². The van der Waals surface area contributed by atoms with Crippen LogP contribution in [0.1, 0.15) is 0 Å². The van der Waals surface area contributed by atoms with Crippen molar-refractivity contribution in [2.45, 2.75) is 0 Å². The Bertz CT molecular complexity index is 437. The van der Waals surface area contributed by atoms with E-state index in [1.54, 1.807) is 0 Å². The third-order valence-corrected chi connectivity index (χ3v) is 2.26. The standard InChI is InChI=1S/C7H5BrFN3/c8-6-5(10)4-3(9)1-2-11-7(4)12-6/h1-2H,10H2,(H,11,12). The second-order valence-corrected chi connectivity index (χ2v) is 3.16. The van der Waals surface area contributed by atoms with Crippen LogP contribution in [0.4, 0.5) is 10.1 Å². The van der Waals surface area contributed by atoms with Crippen molar-refractivity contribution in [3.63, 3.8) is 0 Å². The first kappa shape index (κ1) is 7.54. The van der Waals surface area contributed by atoms with E-state index in [4.69, 9.17) is 5.73 Å². The van der Waals surface area contributed by atoms with E-state index >= 15 is 0 Å². The zero-order valence-electron chi connectivity index (χ0n) is 5.94. The lowest BCUT2D eigenvalue weighted by Gasteiger charge is -1.91. The van der Waals surface area contributed by atoms with Crippen LogP contribution in [0.3, 0.4) is 0 Å². The lowest BCUT2D eigenvalue weighted by Crippen LogP contribution is -1.85. The fourth-order valence-corrected chi connectivity index (χ4v) is 1.46. The van der Waals surface area contributed by atoms with Gasteiger partial charge in [0, 0.05) is 6.20 Å². The molecule has 2 aromatic rings. The highest BCUT2D eigenvalue weighted by Crippen LogP contribution is 2.28. The van der Waals surface area contributed by atoms with Crippen LogP contribution in [-0.2, 0) is 0 Å². The molecular formula is C7H5BrFN3. The Hall–Kier alpha value is -1.10. The molecule has 2 rings (SSSR count). The van der Waals surface area contributed by atoms with Crippen LogP contribution >= 0.6 is 15.9 Å². The minimum Gasteiger partial charge on any atom is -0.396 e. The minimum atomic E-state index is -0.362. The third kappa shape index (κ3) is 0.896. The smallest absolute Gasteiger partial charge is 0.143 e. The van der Waals surface area contributed by atoms with Crippen molar-refractivity contribution in [1.82, 2.24) is 9.97 Å². The second kappa shape index (κ2) is 2.45. The summed E-state index contributed by atoms with van der Waals surface area (Å²) in [6.45, 7) is 0. The topological polar surface area (TPSA) is 54.7 Å². The van der Waals surface area contributed by atoms with Gasteiger partial charge < -0.3 is 10.7 Å². The van der Waals surface area contributed by atoms with E-state index in [1.165, 1.54) is 12.3 Å². The van der Waals surface area contributed by atoms with Gasteiger partial charge in [-0.15, -0.1) is 0 Å². The number of nitrogen functional groups attached to an aromatic ring is 1. The van der Waals surface area contributed by atoms with E-state index < -0.39 is 0 Å². The highest BCUT2D eigenvalue weighted by molar-refractivity contribution is 9.10. The monoisotopic (exact) mass is 229 g/mol. The first-order chi connectivity index (χ1) is 5.70. The number of nitrogens with zero attached hydrogens (tertiary/aromatic N) is 1. The van der Waals surface area contributed by atoms with Crippen LogP contribution in [-0.4, -0.2) is 9.97 Å². The lowest BCUT2D eigenvalue weighted by molar-refractivity contribution is 0.639. The van der Waals surface area contributed by atoms with Crippen LogP contribution in [0.25, 0.3) is 11.0 Å². The summed E-state index contributed by atoms with van der Waals surface area (Å²) < 4.78 is 13.7. The molecule has 3 nitrogen and oxygen atoms in total. The van der Waals surface area contributed by atoms with Crippen LogP contribution in [0.15, 0.2) is 16.9 Å².